The molecule has 3 nitrogen and oxygen atoms in total. The fourth-order valence-corrected chi connectivity index (χ4v) is 2.31. The van der Waals surface area contributed by atoms with Gasteiger partial charge in [0.2, 0.25) is 0 Å². The molecule has 19 heavy (non-hydrogen) atoms. The number of anilines is 2. The summed E-state index contributed by atoms with van der Waals surface area (Å²) in [6.45, 7) is 4.80. The van der Waals surface area contributed by atoms with Gasteiger partial charge in [-0.1, -0.05) is 17.7 Å². The van der Waals surface area contributed by atoms with Gasteiger partial charge in [0.15, 0.2) is 0 Å². The number of phenols is 1. The van der Waals surface area contributed by atoms with Crippen molar-refractivity contribution in [3.8, 4) is 5.75 Å². The number of nitrogens with two attached hydrogens (primary N) is 1. The van der Waals surface area contributed by atoms with E-state index < -0.39 is 0 Å². The smallest absolute Gasteiger partial charge is 0.120 e. The Morgan fingerprint density at radius 2 is 1.84 bits per heavy atom. The van der Waals surface area contributed by atoms with Gasteiger partial charge in [0.05, 0.1) is 0 Å². The Hall–Kier alpha value is -2.16. The molecule has 0 saturated heterocycles. The molecule has 0 spiro atoms. The molecule has 0 aliphatic heterocycles. The summed E-state index contributed by atoms with van der Waals surface area (Å²) < 4.78 is 0. The molecular weight excluding hydrogens is 236 g/mol. The number of rotatable bonds is 3. The molecule has 0 aliphatic rings. The van der Waals surface area contributed by atoms with Crippen LogP contribution < -0.4 is 10.6 Å². The topological polar surface area (TPSA) is 49.5 Å². The summed E-state index contributed by atoms with van der Waals surface area (Å²) in [5.41, 5.74) is 10.9. The standard InChI is InChI=1S/C16H20N2O/c1-11-4-6-15(12(2)8-11)18(3)10-13-9-14(17)5-7-16(13)19/h4-9,19H,10,17H2,1-3H3. The third-order valence-electron chi connectivity index (χ3n) is 3.27. The highest BCUT2D eigenvalue weighted by atomic mass is 16.3. The molecule has 3 N–H and O–H groups in total. The summed E-state index contributed by atoms with van der Waals surface area (Å²) in [7, 11) is 2.01. The van der Waals surface area contributed by atoms with E-state index >= 15 is 0 Å². The highest BCUT2D eigenvalue weighted by Crippen LogP contribution is 2.25. The van der Waals surface area contributed by atoms with E-state index in [0.717, 1.165) is 11.3 Å². The predicted molar refractivity (Wildman–Crippen MR) is 80.5 cm³/mol. The molecule has 100 valence electrons. The minimum Gasteiger partial charge on any atom is -0.508 e. The Morgan fingerprint density at radius 1 is 1.11 bits per heavy atom. The molecule has 0 heterocycles. The fourth-order valence-electron chi connectivity index (χ4n) is 2.31. The Kier molecular flexibility index (Phi) is 3.65. The minimum absolute atomic E-state index is 0.283. The molecule has 0 saturated carbocycles. The van der Waals surface area contributed by atoms with Gasteiger partial charge in [0.1, 0.15) is 5.75 Å². The summed E-state index contributed by atoms with van der Waals surface area (Å²) in [4.78, 5) is 2.11. The van der Waals surface area contributed by atoms with E-state index in [1.54, 1.807) is 12.1 Å². The Morgan fingerprint density at radius 3 is 2.53 bits per heavy atom. The van der Waals surface area contributed by atoms with Gasteiger partial charge >= 0.3 is 0 Å². The van der Waals surface area contributed by atoms with Crippen molar-refractivity contribution in [1.29, 1.82) is 0 Å². The number of nitrogens with zero attached hydrogens (tertiary/aromatic N) is 1. The van der Waals surface area contributed by atoms with Crippen LogP contribution >= 0.6 is 0 Å². The van der Waals surface area contributed by atoms with Gasteiger partial charge in [-0.25, -0.2) is 0 Å². The van der Waals surface area contributed by atoms with Crippen molar-refractivity contribution < 1.29 is 5.11 Å². The van der Waals surface area contributed by atoms with Gasteiger partial charge in [-0.3, -0.25) is 0 Å². The second-order valence-corrected chi connectivity index (χ2v) is 5.03. The maximum Gasteiger partial charge on any atom is 0.120 e. The molecule has 3 heteroatoms. The number of nitrogen functional groups attached to an aromatic ring is 1. The maximum atomic E-state index is 9.86. The van der Waals surface area contributed by atoms with Crippen molar-refractivity contribution in [2.75, 3.05) is 17.7 Å². The first-order chi connectivity index (χ1) is 8.97. The van der Waals surface area contributed by atoms with Crippen LogP contribution in [0.5, 0.6) is 5.75 Å². The first-order valence-electron chi connectivity index (χ1n) is 6.33. The van der Waals surface area contributed by atoms with E-state index in [4.69, 9.17) is 5.73 Å². The van der Waals surface area contributed by atoms with E-state index in [2.05, 4.69) is 36.9 Å². The number of aryl methyl sites for hydroxylation is 2. The molecule has 0 bridgehead atoms. The van der Waals surface area contributed by atoms with E-state index in [1.165, 1.54) is 11.1 Å². The number of hydrogen-bond donors (Lipinski definition) is 2. The van der Waals surface area contributed by atoms with Gasteiger partial charge in [-0.15, -0.1) is 0 Å². The van der Waals surface area contributed by atoms with Crippen LogP contribution in [0.2, 0.25) is 0 Å². The second-order valence-electron chi connectivity index (χ2n) is 5.03. The van der Waals surface area contributed by atoms with Crippen LogP contribution in [0.4, 0.5) is 11.4 Å². The largest absolute Gasteiger partial charge is 0.508 e. The first kappa shape index (κ1) is 13.3. The maximum absolute atomic E-state index is 9.86. The third-order valence-corrected chi connectivity index (χ3v) is 3.27. The van der Waals surface area contributed by atoms with Crippen molar-refractivity contribution in [1.82, 2.24) is 0 Å². The van der Waals surface area contributed by atoms with E-state index in [-0.39, 0.29) is 5.75 Å². The van der Waals surface area contributed by atoms with E-state index in [1.807, 2.05) is 13.1 Å². The molecule has 0 atom stereocenters. The summed E-state index contributed by atoms with van der Waals surface area (Å²) in [6, 6.07) is 11.5. The van der Waals surface area contributed by atoms with Crippen molar-refractivity contribution in [2.45, 2.75) is 20.4 Å². The molecule has 2 aromatic carbocycles. The molecule has 0 unspecified atom stereocenters. The summed E-state index contributed by atoms with van der Waals surface area (Å²) >= 11 is 0. The lowest BCUT2D eigenvalue weighted by molar-refractivity contribution is 0.468. The minimum atomic E-state index is 0.283. The van der Waals surface area contributed by atoms with Crippen molar-refractivity contribution in [3.63, 3.8) is 0 Å². The second kappa shape index (κ2) is 5.22. The van der Waals surface area contributed by atoms with Crippen molar-refractivity contribution in [2.24, 2.45) is 0 Å². The van der Waals surface area contributed by atoms with Crippen LogP contribution in [0.15, 0.2) is 36.4 Å². The molecule has 2 aromatic rings. The van der Waals surface area contributed by atoms with Crippen molar-refractivity contribution >= 4 is 11.4 Å². The van der Waals surface area contributed by atoms with Gasteiger partial charge in [0.25, 0.3) is 0 Å². The number of phenolic OH excluding ortho intramolecular Hbond substituents is 1. The number of benzene rings is 2. The van der Waals surface area contributed by atoms with E-state index in [9.17, 15) is 5.11 Å². The molecular formula is C16H20N2O. The lowest BCUT2D eigenvalue weighted by Crippen LogP contribution is -2.17. The fraction of sp³-hybridized carbons (Fsp3) is 0.250. The van der Waals surface area contributed by atoms with Crippen molar-refractivity contribution in [3.05, 3.63) is 53.1 Å². The Balaban J connectivity index is 2.25. The van der Waals surface area contributed by atoms with Gasteiger partial charge in [-0.2, -0.15) is 0 Å². The molecule has 0 amide bonds. The quantitative estimate of drug-likeness (QED) is 0.655. The zero-order valence-corrected chi connectivity index (χ0v) is 11.6. The molecule has 2 rings (SSSR count). The van der Waals surface area contributed by atoms with Crippen LogP contribution in [-0.4, -0.2) is 12.2 Å². The van der Waals surface area contributed by atoms with Crippen LogP contribution in [0.3, 0.4) is 0 Å². The molecule has 0 fully saturated rings. The Bertz CT molecular complexity index is 593. The molecule has 0 aliphatic carbocycles. The van der Waals surface area contributed by atoms with Gasteiger partial charge < -0.3 is 15.7 Å². The zero-order chi connectivity index (χ0) is 14.0. The van der Waals surface area contributed by atoms with Crippen LogP contribution in [-0.2, 0) is 6.54 Å². The van der Waals surface area contributed by atoms with Crippen LogP contribution in [0.1, 0.15) is 16.7 Å². The number of hydrogen-bond acceptors (Lipinski definition) is 3. The van der Waals surface area contributed by atoms with Gasteiger partial charge in [-0.05, 0) is 43.7 Å². The third kappa shape index (κ3) is 2.99. The molecule has 0 radical (unpaired) electrons. The monoisotopic (exact) mass is 256 g/mol. The lowest BCUT2D eigenvalue weighted by Gasteiger charge is -2.22. The summed E-state index contributed by atoms with van der Waals surface area (Å²) in [5, 5.41) is 9.86. The molecule has 0 aromatic heterocycles. The summed E-state index contributed by atoms with van der Waals surface area (Å²) in [5.74, 6) is 0.283. The Labute approximate surface area is 114 Å². The normalized spacial score (nSPS) is 10.5. The first-order valence-corrected chi connectivity index (χ1v) is 6.33. The highest BCUT2D eigenvalue weighted by molar-refractivity contribution is 5.55. The zero-order valence-electron chi connectivity index (χ0n) is 11.6. The number of aromatic hydroxyl groups is 1. The van der Waals surface area contributed by atoms with Gasteiger partial charge in [0, 0.05) is 30.5 Å². The lowest BCUT2D eigenvalue weighted by atomic mass is 10.1. The average Bonchev–Trinajstić information content (AvgIpc) is 2.33. The van der Waals surface area contributed by atoms with Crippen LogP contribution in [0.25, 0.3) is 0 Å². The SMILES string of the molecule is Cc1ccc(N(C)Cc2cc(N)ccc2O)c(C)c1. The van der Waals surface area contributed by atoms with Crippen LogP contribution in [0, 0.1) is 13.8 Å². The predicted octanol–water partition coefficient (Wildman–Crippen LogP) is 3.23. The highest BCUT2D eigenvalue weighted by Gasteiger charge is 2.08. The van der Waals surface area contributed by atoms with E-state index in [0.29, 0.717) is 12.2 Å². The summed E-state index contributed by atoms with van der Waals surface area (Å²) in [6.07, 6.45) is 0. The average molecular weight is 256 g/mol.